The van der Waals surface area contributed by atoms with Gasteiger partial charge in [-0.05, 0) is 36.8 Å². The van der Waals surface area contributed by atoms with E-state index in [1.165, 1.54) is 24.5 Å². The molecule has 1 saturated heterocycles. The summed E-state index contributed by atoms with van der Waals surface area (Å²) in [5, 5.41) is 2.97. The van der Waals surface area contributed by atoms with Gasteiger partial charge < -0.3 is 14.6 Å². The van der Waals surface area contributed by atoms with E-state index in [4.69, 9.17) is 4.42 Å². The average Bonchev–Trinajstić information content (AvgIpc) is 2.95. The minimum Gasteiger partial charge on any atom is -0.459 e. The smallest absolute Gasteiger partial charge is 0.289 e. The number of furan rings is 1. The van der Waals surface area contributed by atoms with Gasteiger partial charge in [0.25, 0.3) is 11.8 Å². The van der Waals surface area contributed by atoms with Gasteiger partial charge in [0, 0.05) is 24.6 Å². The molecule has 1 aliphatic heterocycles. The molecular formula is C17H15FN2O3. The second-order valence-electron chi connectivity index (χ2n) is 6.18. The Hall–Kier alpha value is -2.63. The van der Waals surface area contributed by atoms with Gasteiger partial charge in [-0.2, -0.15) is 0 Å². The van der Waals surface area contributed by atoms with Crippen LogP contribution in [0.5, 0.6) is 0 Å². The van der Waals surface area contributed by atoms with Crippen LogP contribution in [-0.2, 0) is 0 Å². The molecule has 2 amide bonds. The van der Waals surface area contributed by atoms with Gasteiger partial charge in [-0.25, -0.2) is 4.39 Å². The molecule has 0 bridgehead atoms. The van der Waals surface area contributed by atoms with Crippen LogP contribution in [-0.4, -0.2) is 35.3 Å². The van der Waals surface area contributed by atoms with Crippen LogP contribution in [0.15, 0.2) is 47.1 Å². The predicted octanol–water partition coefficient (Wildman–Crippen LogP) is 2.06. The van der Waals surface area contributed by atoms with Crippen molar-refractivity contribution in [2.75, 3.05) is 13.1 Å². The van der Waals surface area contributed by atoms with Crippen molar-refractivity contribution < 1.29 is 18.4 Å². The van der Waals surface area contributed by atoms with Crippen LogP contribution < -0.4 is 5.32 Å². The van der Waals surface area contributed by atoms with Crippen LogP contribution >= 0.6 is 0 Å². The van der Waals surface area contributed by atoms with Crippen molar-refractivity contribution in [3.8, 4) is 0 Å². The fourth-order valence-corrected chi connectivity index (χ4v) is 3.32. The predicted molar refractivity (Wildman–Crippen MR) is 79.3 cm³/mol. The minimum absolute atomic E-state index is 0.165. The maximum absolute atomic E-state index is 13.2. The zero-order valence-electron chi connectivity index (χ0n) is 12.3. The summed E-state index contributed by atoms with van der Waals surface area (Å²) in [6, 6.07) is 8.90. The van der Waals surface area contributed by atoms with E-state index >= 15 is 0 Å². The highest BCUT2D eigenvalue weighted by atomic mass is 19.1. The first-order valence-corrected chi connectivity index (χ1v) is 7.48. The van der Waals surface area contributed by atoms with Crippen molar-refractivity contribution in [3.05, 3.63) is 59.8 Å². The van der Waals surface area contributed by atoms with Crippen molar-refractivity contribution in [2.24, 2.45) is 5.92 Å². The minimum atomic E-state index is -0.441. The molecule has 1 N–H and O–H groups in total. The maximum atomic E-state index is 13.2. The summed E-state index contributed by atoms with van der Waals surface area (Å²) in [5.74, 6) is -0.360. The fourth-order valence-electron chi connectivity index (χ4n) is 3.32. The number of piperidine rings is 1. The van der Waals surface area contributed by atoms with Crippen molar-refractivity contribution >= 4 is 11.8 Å². The molecule has 2 atom stereocenters. The number of likely N-dealkylation sites (tertiary alicyclic amines) is 1. The lowest BCUT2D eigenvalue weighted by Gasteiger charge is -2.21. The number of carbonyl (C=O) groups is 2. The van der Waals surface area contributed by atoms with Gasteiger partial charge in [0.05, 0.1) is 11.8 Å². The van der Waals surface area contributed by atoms with Crippen molar-refractivity contribution in [3.63, 3.8) is 0 Å². The molecule has 1 unspecified atom stereocenters. The van der Waals surface area contributed by atoms with Crippen LogP contribution in [0.4, 0.5) is 4.39 Å². The van der Waals surface area contributed by atoms with Crippen molar-refractivity contribution in [1.29, 1.82) is 0 Å². The zero-order chi connectivity index (χ0) is 16.0. The van der Waals surface area contributed by atoms with E-state index < -0.39 is 5.82 Å². The van der Waals surface area contributed by atoms with E-state index in [2.05, 4.69) is 5.32 Å². The third-order valence-electron chi connectivity index (χ3n) is 4.61. The summed E-state index contributed by atoms with van der Waals surface area (Å²) >= 11 is 0. The van der Waals surface area contributed by atoms with Crippen molar-refractivity contribution in [2.45, 2.75) is 12.0 Å². The lowest BCUT2D eigenvalue weighted by Crippen LogP contribution is -2.43. The number of hydrogen-bond acceptors (Lipinski definition) is 3. The summed E-state index contributed by atoms with van der Waals surface area (Å²) in [5.41, 5.74) is -0.0908. The Balaban J connectivity index is 1.45. The van der Waals surface area contributed by atoms with Crippen molar-refractivity contribution in [1.82, 2.24) is 10.2 Å². The molecule has 0 radical (unpaired) electrons. The number of carbonyl (C=O) groups excluding carboxylic acids is 2. The Bertz CT molecular complexity index is 774. The molecule has 1 saturated carbocycles. The highest BCUT2D eigenvalue weighted by Gasteiger charge is 2.62. The molecule has 2 fully saturated rings. The molecule has 6 heteroatoms. The molecule has 4 rings (SSSR count). The average molecular weight is 314 g/mol. The topological polar surface area (TPSA) is 62.6 Å². The molecule has 1 aliphatic carbocycles. The number of nitrogens with one attached hydrogen (secondary N) is 1. The number of benzene rings is 1. The third kappa shape index (κ3) is 2.40. The Morgan fingerprint density at radius 3 is 2.91 bits per heavy atom. The summed E-state index contributed by atoms with van der Waals surface area (Å²) in [6.07, 6.45) is 2.31. The third-order valence-corrected chi connectivity index (χ3v) is 4.61. The van der Waals surface area contributed by atoms with E-state index in [1.807, 2.05) is 0 Å². The zero-order valence-corrected chi connectivity index (χ0v) is 12.3. The van der Waals surface area contributed by atoms with Crippen LogP contribution in [0, 0.1) is 11.7 Å². The van der Waals surface area contributed by atoms with Crippen LogP contribution in [0.1, 0.15) is 27.3 Å². The quantitative estimate of drug-likeness (QED) is 0.943. The summed E-state index contributed by atoms with van der Waals surface area (Å²) in [6.45, 7) is 1.06. The van der Waals surface area contributed by atoms with E-state index in [0.717, 1.165) is 6.42 Å². The SMILES string of the molecule is O=C(N[C@]12CC1CN(C(=O)c1ccco1)C2)c1cccc(F)c1. The molecule has 1 aromatic heterocycles. The van der Waals surface area contributed by atoms with Crippen LogP contribution in [0.25, 0.3) is 0 Å². The van der Waals surface area contributed by atoms with Gasteiger partial charge in [-0.3, -0.25) is 9.59 Å². The molecule has 2 aliphatic rings. The Morgan fingerprint density at radius 2 is 2.17 bits per heavy atom. The second-order valence-corrected chi connectivity index (χ2v) is 6.18. The lowest BCUT2D eigenvalue weighted by molar-refractivity contribution is 0.0730. The largest absolute Gasteiger partial charge is 0.459 e. The molecule has 118 valence electrons. The lowest BCUT2D eigenvalue weighted by atomic mass is 10.1. The summed E-state index contributed by atoms with van der Waals surface area (Å²) in [4.78, 5) is 26.3. The molecule has 0 spiro atoms. The van der Waals surface area contributed by atoms with Crippen LogP contribution in [0.3, 0.4) is 0 Å². The first-order valence-electron chi connectivity index (χ1n) is 7.48. The number of nitrogens with zero attached hydrogens (tertiary/aromatic N) is 1. The number of fused-ring (bicyclic) bond motifs is 1. The molecule has 2 heterocycles. The van der Waals surface area contributed by atoms with Gasteiger partial charge in [-0.1, -0.05) is 6.07 Å². The fraction of sp³-hybridized carbons (Fsp3) is 0.294. The standard InChI is InChI=1S/C17H15FN2O3/c18-13-4-1-3-11(7-13)15(21)19-17-8-12(17)9-20(10-17)16(22)14-5-2-6-23-14/h1-7,12H,8-10H2,(H,19,21)/t12?,17-/m0/s1. The molecule has 2 aromatic rings. The Morgan fingerprint density at radius 1 is 1.30 bits per heavy atom. The molecule has 23 heavy (non-hydrogen) atoms. The van der Waals surface area contributed by atoms with Gasteiger partial charge in [-0.15, -0.1) is 0 Å². The summed E-state index contributed by atoms with van der Waals surface area (Å²) < 4.78 is 18.4. The first kappa shape index (κ1) is 14.0. The number of halogens is 1. The monoisotopic (exact) mass is 314 g/mol. The van der Waals surface area contributed by atoms with Gasteiger partial charge in [0.2, 0.25) is 0 Å². The normalized spacial score (nSPS) is 25.1. The molecule has 1 aromatic carbocycles. The van der Waals surface area contributed by atoms with Crippen LogP contribution in [0.2, 0.25) is 0 Å². The molecular weight excluding hydrogens is 299 g/mol. The number of amides is 2. The highest BCUT2D eigenvalue weighted by Crippen LogP contribution is 2.49. The Labute approximate surface area is 132 Å². The highest BCUT2D eigenvalue weighted by molar-refractivity contribution is 5.95. The van der Waals surface area contributed by atoms with Gasteiger partial charge in [0.1, 0.15) is 5.82 Å². The van der Waals surface area contributed by atoms with E-state index in [9.17, 15) is 14.0 Å². The van der Waals surface area contributed by atoms with E-state index in [1.54, 1.807) is 23.1 Å². The molecule has 5 nitrogen and oxygen atoms in total. The first-order chi connectivity index (χ1) is 11.1. The number of hydrogen-bond donors (Lipinski definition) is 1. The second kappa shape index (κ2) is 4.94. The van der Waals surface area contributed by atoms with Gasteiger partial charge in [0.15, 0.2) is 5.76 Å². The van der Waals surface area contributed by atoms with E-state index in [0.29, 0.717) is 24.4 Å². The maximum Gasteiger partial charge on any atom is 0.289 e. The van der Waals surface area contributed by atoms with E-state index in [-0.39, 0.29) is 23.3 Å². The van der Waals surface area contributed by atoms with Gasteiger partial charge >= 0.3 is 0 Å². The number of rotatable bonds is 3. The summed E-state index contributed by atoms with van der Waals surface area (Å²) in [7, 11) is 0. The Kier molecular flexibility index (Phi) is 3.01.